The molecule has 1 N–H and O–H groups in total. The minimum atomic E-state index is -0.253. The van der Waals surface area contributed by atoms with E-state index in [0.29, 0.717) is 13.0 Å². The average molecular weight is 250 g/mol. The second-order valence-electron chi connectivity index (χ2n) is 6.08. The van der Waals surface area contributed by atoms with Gasteiger partial charge in [0.25, 0.3) is 0 Å². The van der Waals surface area contributed by atoms with Gasteiger partial charge in [0.2, 0.25) is 11.8 Å². The zero-order valence-electron chi connectivity index (χ0n) is 11.0. The van der Waals surface area contributed by atoms with Crippen LogP contribution in [-0.4, -0.2) is 35.8 Å². The second-order valence-corrected chi connectivity index (χ2v) is 6.08. The van der Waals surface area contributed by atoms with Crippen LogP contribution >= 0.6 is 0 Å². The molecule has 0 radical (unpaired) electrons. The number of likely N-dealkylation sites (N-methyl/N-ethyl adjacent to an activating group) is 1. The molecular weight excluding hydrogens is 228 g/mol. The molecule has 3 fully saturated rings. The van der Waals surface area contributed by atoms with Gasteiger partial charge in [0, 0.05) is 6.54 Å². The number of hydrogen-bond acceptors (Lipinski definition) is 3. The first kappa shape index (κ1) is 12.2. The third kappa shape index (κ3) is 1.96. The lowest BCUT2D eigenvalue weighted by molar-refractivity contribution is -0.138. The molecule has 3 rings (SSSR count). The summed E-state index contributed by atoms with van der Waals surface area (Å²) in [6.07, 6.45) is 5.85. The Morgan fingerprint density at radius 2 is 2.11 bits per heavy atom. The summed E-state index contributed by atoms with van der Waals surface area (Å²) in [4.78, 5) is 24.9. The minimum absolute atomic E-state index is 0.0204. The molecule has 0 aromatic rings. The molecule has 100 valence electrons. The van der Waals surface area contributed by atoms with Gasteiger partial charge in [-0.1, -0.05) is 6.42 Å². The van der Waals surface area contributed by atoms with Gasteiger partial charge in [0.05, 0.1) is 12.5 Å². The van der Waals surface area contributed by atoms with Crippen molar-refractivity contribution in [2.75, 3.05) is 13.1 Å². The predicted molar refractivity (Wildman–Crippen MR) is 67.7 cm³/mol. The molecule has 2 aliphatic carbocycles. The number of rotatable bonds is 4. The molecule has 4 nitrogen and oxygen atoms in total. The fraction of sp³-hybridized carbons (Fsp3) is 0.857. The van der Waals surface area contributed by atoms with Gasteiger partial charge in [-0.15, -0.1) is 0 Å². The maximum absolute atomic E-state index is 12.0. The normalized spacial score (nSPS) is 39.1. The van der Waals surface area contributed by atoms with Crippen molar-refractivity contribution in [2.45, 2.75) is 45.1 Å². The molecule has 4 unspecified atom stereocenters. The first-order valence-corrected chi connectivity index (χ1v) is 7.26. The Labute approximate surface area is 108 Å². The van der Waals surface area contributed by atoms with E-state index >= 15 is 0 Å². The van der Waals surface area contributed by atoms with Crippen molar-refractivity contribution >= 4 is 11.8 Å². The Kier molecular flexibility index (Phi) is 3.14. The lowest BCUT2D eigenvalue weighted by Crippen LogP contribution is -2.41. The Hall–Kier alpha value is -0.900. The first-order chi connectivity index (χ1) is 8.69. The van der Waals surface area contributed by atoms with Gasteiger partial charge in [-0.2, -0.15) is 0 Å². The Morgan fingerprint density at radius 1 is 1.28 bits per heavy atom. The van der Waals surface area contributed by atoms with E-state index in [2.05, 4.69) is 5.32 Å². The molecule has 2 saturated carbocycles. The molecule has 1 heterocycles. The van der Waals surface area contributed by atoms with Gasteiger partial charge in [-0.25, -0.2) is 0 Å². The zero-order valence-corrected chi connectivity index (χ0v) is 11.0. The number of nitrogens with zero attached hydrogens (tertiary/aromatic N) is 1. The maximum Gasteiger partial charge on any atom is 0.246 e. The van der Waals surface area contributed by atoms with E-state index in [9.17, 15) is 9.59 Å². The summed E-state index contributed by atoms with van der Waals surface area (Å²) in [6.45, 7) is 3.28. The van der Waals surface area contributed by atoms with Crippen LogP contribution in [0, 0.1) is 17.8 Å². The molecular formula is C14H22N2O2. The molecule has 1 saturated heterocycles. The summed E-state index contributed by atoms with van der Waals surface area (Å²) in [5.41, 5.74) is 0. The van der Waals surface area contributed by atoms with Crippen molar-refractivity contribution in [2.24, 2.45) is 17.8 Å². The summed E-state index contributed by atoms with van der Waals surface area (Å²) in [5, 5.41) is 3.34. The van der Waals surface area contributed by atoms with E-state index in [4.69, 9.17) is 0 Å². The number of imide groups is 1. The van der Waals surface area contributed by atoms with Crippen LogP contribution in [0.3, 0.4) is 0 Å². The van der Waals surface area contributed by atoms with E-state index < -0.39 is 0 Å². The second kappa shape index (κ2) is 4.65. The number of amides is 2. The van der Waals surface area contributed by atoms with Gasteiger partial charge in [0.15, 0.2) is 0 Å². The molecule has 2 bridgehead atoms. The van der Waals surface area contributed by atoms with Crippen molar-refractivity contribution in [3.8, 4) is 0 Å². The van der Waals surface area contributed by atoms with Gasteiger partial charge < -0.3 is 5.32 Å². The Morgan fingerprint density at radius 3 is 2.67 bits per heavy atom. The van der Waals surface area contributed by atoms with E-state index in [0.717, 1.165) is 24.3 Å². The molecule has 0 aromatic heterocycles. The van der Waals surface area contributed by atoms with Crippen LogP contribution in [-0.2, 0) is 9.59 Å². The molecule has 0 spiro atoms. The summed E-state index contributed by atoms with van der Waals surface area (Å²) < 4.78 is 0. The predicted octanol–water partition coefficient (Wildman–Crippen LogP) is 1.16. The molecule has 0 aromatic carbocycles. The maximum atomic E-state index is 12.0. The highest BCUT2D eigenvalue weighted by molar-refractivity contribution is 6.05. The van der Waals surface area contributed by atoms with Gasteiger partial charge >= 0.3 is 0 Å². The fourth-order valence-corrected chi connectivity index (χ4v) is 4.09. The number of hydrogen-bond donors (Lipinski definition) is 1. The smallest absolute Gasteiger partial charge is 0.246 e. The molecule has 4 heteroatoms. The average Bonchev–Trinajstić information content (AvgIpc) is 3.02. The van der Waals surface area contributed by atoms with Crippen molar-refractivity contribution in [1.29, 1.82) is 0 Å². The highest BCUT2D eigenvalue weighted by Gasteiger charge is 2.41. The van der Waals surface area contributed by atoms with Crippen molar-refractivity contribution in [1.82, 2.24) is 10.2 Å². The lowest BCUT2D eigenvalue weighted by atomic mass is 9.88. The van der Waals surface area contributed by atoms with Crippen LogP contribution in [0.1, 0.15) is 39.0 Å². The highest BCUT2D eigenvalue weighted by atomic mass is 16.2. The standard InChI is InChI=1S/C14H22N2O2/c1-2-16-13(17)7-12(14(16)18)15-8-11-6-9-3-4-10(11)5-9/h9-12,15H,2-8H2,1H3. The van der Waals surface area contributed by atoms with Gasteiger partial charge in [-0.05, 0) is 50.5 Å². The topological polar surface area (TPSA) is 49.4 Å². The number of fused-ring (bicyclic) bond motifs is 2. The van der Waals surface area contributed by atoms with Crippen LogP contribution in [0.25, 0.3) is 0 Å². The van der Waals surface area contributed by atoms with Crippen molar-refractivity contribution < 1.29 is 9.59 Å². The quantitative estimate of drug-likeness (QED) is 0.762. The Bertz CT molecular complexity index is 369. The van der Waals surface area contributed by atoms with E-state index in [1.54, 1.807) is 0 Å². The number of carbonyl (C=O) groups excluding carboxylic acids is 2. The van der Waals surface area contributed by atoms with Crippen LogP contribution in [0.15, 0.2) is 0 Å². The monoisotopic (exact) mass is 250 g/mol. The van der Waals surface area contributed by atoms with Crippen molar-refractivity contribution in [3.63, 3.8) is 0 Å². The van der Waals surface area contributed by atoms with Crippen LogP contribution in [0.5, 0.6) is 0 Å². The molecule has 3 aliphatic rings. The zero-order chi connectivity index (χ0) is 12.7. The van der Waals surface area contributed by atoms with Crippen LogP contribution in [0.2, 0.25) is 0 Å². The molecule has 2 amide bonds. The van der Waals surface area contributed by atoms with E-state index in [1.165, 1.54) is 30.6 Å². The van der Waals surface area contributed by atoms with E-state index in [1.807, 2.05) is 6.92 Å². The molecule has 1 aliphatic heterocycles. The SMILES string of the molecule is CCN1C(=O)CC(NCC2CC3CCC2C3)C1=O. The van der Waals surface area contributed by atoms with Gasteiger partial charge in [0.1, 0.15) is 0 Å². The number of carbonyl (C=O) groups is 2. The Balaban J connectivity index is 1.52. The van der Waals surface area contributed by atoms with Crippen molar-refractivity contribution in [3.05, 3.63) is 0 Å². The summed E-state index contributed by atoms with van der Waals surface area (Å²) in [5.74, 6) is 2.51. The molecule has 4 atom stereocenters. The summed E-state index contributed by atoms with van der Waals surface area (Å²) >= 11 is 0. The summed E-state index contributed by atoms with van der Waals surface area (Å²) in [7, 11) is 0. The largest absolute Gasteiger partial charge is 0.305 e. The molecule has 18 heavy (non-hydrogen) atoms. The number of nitrogens with one attached hydrogen (secondary N) is 1. The van der Waals surface area contributed by atoms with Crippen LogP contribution < -0.4 is 5.32 Å². The fourth-order valence-electron chi connectivity index (χ4n) is 4.09. The highest BCUT2D eigenvalue weighted by Crippen LogP contribution is 2.48. The summed E-state index contributed by atoms with van der Waals surface area (Å²) in [6, 6.07) is -0.253. The van der Waals surface area contributed by atoms with Crippen LogP contribution in [0.4, 0.5) is 0 Å². The first-order valence-electron chi connectivity index (χ1n) is 7.26. The minimum Gasteiger partial charge on any atom is -0.305 e. The third-order valence-corrected chi connectivity index (χ3v) is 5.07. The van der Waals surface area contributed by atoms with Gasteiger partial charge in [-0.3, -0.25) is 14.5 Å². The number of likely N-dealkylation sites (tertiary alicyclic amines) is 1. The van der Waals surface area contributed by atoms with E-state index in [-0.39, 0.29) is 17.9 Å². The third-order valence-electron chi connectivity index (χ3n) is 5.07. The lowest BCUT2D eigenvalue weighted by Gasteiger charge is -2.23.